The summed E-state index contributed by atoms with van der Waals surface area (Å²) >= 11 is 0. The van der Waals surface area contributed by atoms with E-state index < -0.39 is 20.2 Å². The lowest BCUT2D eigenvalue weighted by atomic mass is 10.5. The van der Waals surface area contributed by atoms with Crippen LogP contribution in [-0.2, 0) is 20.2 Å². The van der Waals surface area contributed by atoms with Crippen molar-refractivity contribution in [3.63, 3.8) is 0 Å². The van der Waals surface area contributed by atoms with Crippen LogP contribution in [0.2, 0.25) is 0 Å². The SMILES string of the molecule is CN(C)CCN(CCNS(=O)(=O)N(C)C)S(C)(=O)=O. The molecule has 0 spiro atoms. The first kappa shape index (κ1) is 18.7. The maximum atomic E-state index is 11.6. The quantitative estimate of drug-likeness (QED) is 0.542. The molecule has 0 aromatic heterocycles. The first-order valence-electron chi connectivity index (χ1n) is 5.74. The molecule has 0 fully saturated rings. The van der Waals surface area contributed by atoms with Crippen molar-refractivity contribution in [2.24, 2.45) is 0 Å². The number of likely N-dealkylation sites (N-methyl/N-ethyl adjacent to an activating group) is 1. The highest BCUT2D eigenvalue weighted by Gasteiger charge is 2.18. The van der Waals surface area contributed by atoms with Gasteiger partial charge in [0, 0.05) is 40.3 Å². The van der Waals surface area contributed by atoms with Gasteiger partial charge in [0.15, 0.2) is 0 Å². The molecule has 0 rings (SSSR count). The lowest BCUT2D eigenvalue weighted by Gasteiger charge is -2.22. The molecular formula is C9H24N4O4S2. The van der Waals surface area contributed by atoms with Crippen LogP contribution >= 0.6 is 0 Å². The van der Waals surface area contributed by atoms with Crippen molar-refractivity contribution < 1.29 is 16.8 Å². The van der Waals surface area contributed by atoms with Crippen molar-refractivity contribution in [1.29, 1.82) is 0 Å². The summed E-state index contributed by atoms with van der Waals surface area (Å²) in [7, 11) is -0.364. The first-order valence-corrected chi connectivity index (χ1v) is 9.02. The molecule has 0 saturated carbocycles. The molecule has 0 aromatic carbocycles. The van der Waals surface area contributed by atoms with Crippen LogP contribution in [0.15, 0.2) is 0 Å². The molecule has 0 saturated heterocycles. The predicted octanol–water partition coefficient (Wildman–Crippen LogP) is -1.79. The zero-order valence-corrected chi connectivity index (χ0v) is 13.8. The number of hydrogen-bond donors (Lipinski definition) is 1. The van der Waals surface area contributed by atoms with E-state index in [9.17, 15) is 16.8 Å². The molecule has 0 heterocycles. The molecule has 116 valence electrons. The Labute approximate surface area is 116 Å². The highest BCUT2D eigenvalue weighted by Crippen LogP contribution is 1.98. The summed E-state index contributed by atoms with van der Waals surface area (Å²) in [5.74, 6) is 0. The van der Waals surface area contributed by atoms with Gasteiger partial charge >= 0.3 is 0 Å². The highest BCUT2D eigenvalue weighted by atomic mass is 32.2. The van der Waals surface area contributed by atoms with Gasteiger partial charge in [-0.3, -0.25) is 0 Å². The number of hydrogen-bond acceptors (Lipinski definition) is 5. The molecule has 0 aliphatic carbocycles. The first-order chi connectivity index (χ1) is 8.47. The number of nitrogens with one attached hydrogen (secondary N) is 1. The summed E-state index contributed by atoms with van der Waals surface area (Å²) in [6, 6.07) is 0. The van der Waals surface area contributed by atoms with Crippen LogP contribution in [0, 0.1) is 0 Å². The van der Waals surface area contributed by atoms with E-state index in [0.29, 0.717) is 13.1 Å². The molecule has 8 nitrogen and oxygen atoms in total. The molecule has 19 heavy (non-hydrogen) atoms. The minimum atomic E-state index is -3.52. The Balaban J connectivity index is 4.45. The van der Waals surface area contributed by atoms with Crippen LogP contribution in [0.1, 0.15) is 0 Å². The third kappa shape index (κ3) is 7.80. The minimum Gasteiger partial charge on any atom is -0.308 e. The molecule has 1 N–H and O–H groups in total. The van der Waals surface area contributed by atoms with Crippen LogP contribution in [0.3, 0.4) is 0 Å². The van der Waals surface area contributed by atoms with Crippen molar-refractivity contribution in [2.75, 3.05) is 60.6 Å². The molecule has 0 atom stereocenters. The van der Waals surface area contributed by atoms with E-state index in [-0.39, 0.29) is 13.1 Å². The minimum absolute atomic E-state index is 0.0427. The van der Waals surface area contributed by atoms with E-state index in [2.05, 4.69) is 4.72 Å². The maximum absolute atomic E-state index is 11.6. The monoisotopic (exact) mass is 316 g/mol. The van der Waals surface area contributed by atoms with E-state index in [4.69, 9.17) is 0 Å². The molecule has 0 aromatic rings. The fourth-order valence-corrected chi connectivity index (χ4v) is 2.63. The Hall–Kier alpha value is -0.260. The number of rotatable bonds is 9. The van der Waals surface area contributed by atoms with E-state index in [1.165, 1.54) is 18.4 Å². The molecule has 0 aliphatic rings. The summed E-state index contributed by atoms with van der Waals surface area (Å²) < 4.78 is 50.7. The highest BCUT2D eigenvalue weighted by molar-refractivity contribution is 7.88. The Kier molecular flexibility index (Phi) is 7.40. The molecule has 0 aliphatic heterocycles. The second-order valence-electron chi connectivity index (χ2n) is 4.65. The zero-order valence-electron chi connectivity index (χ0n) is 12.1. The van der Waals surface area contributed by atoms with Gasteiger partial charge in [-0.2, -0.15) is 17.0 Å². The second-order valence-corrected chi connectivity index (χ2v) is 8.60. The van der Waals surface area contributed by atoms with Crippen molar-refractivity contribution in [3.05, 3.63) is 0 Å². The lowest BCUT2D eigenvalue weighted by molar-refractivity contribution is 0.335. The molecule has 0 amide bonds. The molecule has 10 heteroatoms. The zero-order chi connectivity index (χ0) is 15.3. The second kappa shape index (κ2) is 7.50. The van der Waals surface area contributed by atoms with Gasteiger partial charge in [-0.15, -0.1) is 0 Å². The molecular weight excluding hydrogens is 292 g/mol. The van der Waals surface area contributed by atoms with E-state index in [1.54, 1.807) is 0 Å². The summed E-state index contributed by atoms with van der Waals surface area (Å²) in [6.45, 7) is 1.06. The van der Waals surface area contributed by atoms with Crippen LogP contribution in [-0.4, -0.2) is 91.0 Å². The van der Waals surface area contributed by atoms with Crippen LogP contribution in [0.4, 0.5) is 0 Å². The van der Waals surface area contributed by atoms with Gasteiger partial charge in [-0.05, 0) is 14.1 Å². The Morgan fingerprint density at radius 1 is 0.895 bits per heavy atom. The van der Waals surface area contributed by atoms with E-state index in [0.717, 1.165) is 10.6 Å². The largest absolute Gasteiger partial charge is 0.308 e. The maximum Gasteiger partial charge on any atom is 0.278 e. The Morgan fingerprint density at radius 3 is 1.79 bits per heavy atom. The third-order valence-corrected chi connectivity index (χ3v) is 5.23. The summed E-state index contributed by atoms with van der Waals surface area (Å²) in [5, 5.41) is 0. The van der Waals surface area contributed by atoms with Crippen LogP contribution in [0.25, 0.3) is 0 Å². The van der Waals surface area contributed by atoms with Gasteiger partial charge in [0.2, 0.25) is 10.0 Å². The van der Waals surface area contributed by atoms with Crippen LogP contribution < -0.4 is 4.72 Å². The summed E-state index contributed by atoms with van der Waals surface area (Å²) in [6.07, 6.45) is 1.11. The van der Waals surface area contributed by atoms with Gasteiger partial charge in [-0.25, -0.2) is 13.1 Å². The molecule has 0 unspecified atom stereocenters. The summed E-state index contributed by atoms with van der Waals surface area (Å²) in [4.78, 5) is 1.86. The Bertz CT molecular complexity index is 459. The number of nitrogens with zero attached hydrogens (tertiary/aromatic N) is 3. The van der Waals surface area contributed by atoms with E-state index in [1.807, 2.05) is 19.0 Å². The molecule has 0 bridgehead atoms. The third-order valence-electron chi connectivity index (χ3n) is 2.39. The van der Waals surface area contributed by atoms with Crippen molar-refractivity contribution in [1.82, 2.24) is 18.2 Å². The average molecular weight is 316 g/mol. The predicted molar refractivity (Wildman–Crippen MR) is 75.6 cm³/mol. The number of sulfonamides is 1. The fourth-order valence-electron chi connectivity index (χ4n) is 1.18. The standard InChI is InChI=1S/C9H24N4O4S2/c1-11(2)8-9-13(18(5,14)15)7-6-10-19(16,17)12(3)4/h10H,6-9H2,1-5H3. The van der Waals surface area contributed by atoms with Gasteiger partial charge in [-0.1, -0.05) is 0 Å². The van der Waals surface area contributed by atoms with E-state index >= 15 is 0 Å². The molecule has 0 radical (unpaired) electrons. The summed E-state index contributed by atoms with van der Waals surface area (Å²) in [5.41, 5.74) is 0. The Morgan fingerprint density at radius 2 is 1.42 bits per heavy atom. The van der Waals surface area contributed by atoms with Crippen molar-refractivity contribution in [3.8, 4) is 0 Å². The lowest BCUT2D eigenvalue weighted by Crippen LogP contribution is -2.43. The van der Waals surface area contributed by atoms with Crippen LogP contribution in [0.5, 0.6) is 0 Å². The topological polar surface area (TPSA) is 90.0 Å². The van der Waals surface area contributed by atoms with Gasteiger partial charge in [0.1, 0.15) is 0 Å². The smallest absolute Gasteiger partial charge is 0.278 e. The van der Waals surface area contributed by atoms with Gasteiger partial charge < -0.3 is 4.90 Å². The normalized spacial score (nSPS) is 13.7. The van der Waals surface area contributed by atoms with Crippen molar-refractivity contribution in [2.45, 2.75) is 0 Å². The van der Waals surface area contributed by atoms with Gasteiger partial charge in [0.05, 0.1) is 6.26 Å². The fraction of sp³-hybridized carbons (Fsp3) is 1.00. The van der Waals surface area contributed by atoms with Gasteiger partial charge in [0.25, 0.3) is 10.2 Å². The van der Waals surface area contributed by atoms with Crippen molar-refractivity contribution >= 4 is 20.2 Å². The average Bonchev–Trinajstić information content (AvgIpc) is 2.20.